The molecule has 102 valence electrons. The maximum Gasteiger partial charge on any atom is 0.306 e. The summed E-state index contributed by atoms with van der Waals surface area (Å²) in [5.74, 6) is -1.11. The van der Waals surface area contributed by atoms with E-state index in [0.29, 0.717) is 25.9 Å². The number of likely N-dealkylation sites (tertiary alicyclic amines) is 1. The van der Waals surface area contributed by atoms with Gasteiger partial charge in [-0.1, -0.05) is 0 Å². The molecule has 19 heavy (non-hydrogen) atoms. The standard InChI is InChI=1S/C13H14BrNO3S/c14-11-7-9(8-19-11)1-2-12(16)15-5-3-10(4-6-15)13(17)18/h1-2,7-8,10H,3-6H2,(H,17,18)/b2-1+. The van der Waals surface area contributed by atoms with E-state index in [1.807, 2.05) is 11.4 Å². The van der Waals surface area contributed by atoms with E-state index in [-0.39, 0.29) is 11.8 Å². The van der Waals surface area contributed by atoms with Gasteiger partial charge < -0.3 is 10.0 Å². The van der Waals surface area contributed by atoms with E-state index >= 15 is 0 Å². The van der Waals surface area contributed by atoms with Crippen molar-refractivity contribution in [2.75, 3.05) is 13.1 Å². The van der Waals surface area contributed by atoms with Crippen molar-refractivity contribution in [2.45, 2.75) is 12.8 Å². The Labute approximate surface area is 123 Å². The summed E-state index contributed by atoms with van der Waals surface area (Å²) in [5.41, 5.74) is 0.991. The number of thiophene rings is 1. The van der Waals surface area contributed by atoms with Crippen LogP contribution in [-0.4, -0.2) is 35.0 Å². The van der Waals surface area contributed by atoms with Crippen molar-refractivity contribution >= 4 is 45.2 Å². The van der Waals surface area contributed by atoms with Crippen LogP contribution in [0.15, 0.2) is 21.3 Å². The first-order chi connectivity index (χ1) is 9.06. The molecule has 2 heterocycles. The van der Waals surface area contributed by atoms with E-state index in [1.165, 1.54) is 0 Å². The van der Waals surface area contributed by atoms with E-state index in [9.17, 15) is 9.59 Å². The predicted molar refractivity (Wildman–Crippen MR) is 78.0 cm³/mol. The van der Waals surface area contributed by atoms with Gasteiger partial charge in [0.05, 0.1) is 9.70 Å². The number of hydrogen-bond donors (Lipinski definition) is 1. The molecule has 0 unspecified atom stereocenters. The number of carbonyl (C=O) groups excluding carboxylic acids is 1. The second-order valence-electron chi connectivity index (χ2n) is 4.46. The van der Waals surface area contributed by atoms with Crippen LogP contribution in [0, 0.1) is 5.92 Å². The third-order valence-electron chi connectivity index (χ3n) is 3.16. The number of carboxylic acid groups (broad SMARTS) is 1. The minimum atomic E-state index is -0.759. The first kappa shape index (κ1) is 14.3. The van der Waals surface area contributed by atoms with Gasteiger partial charge in [0.2, 0.25) is 5.91 Å². The highest BCUT2D eigenvalue weighted by Crippen LogP contribution is 2.22. The minimum absolute atomic E-state index is 0.0499. The average Bonchev–Trinajstić information content (AvgIpc) is 2.82. The fraction of sp³-hybridized carbons (Fsp3) is 0.385. The van der Waals surface area contributed by atoms with Crippen LogP contribution in [0.1, 0.15) is 18.4 Å². The lowest BCUT2D eigenvalue weighted by Gasteiger charge is -2.29. The molecule has 6 heteroatoms. The maximum absolute atomic E-state index is 11.9. The van der Waals surface area contributed by atoms with Gasteiger partial charge in [0.25, 0.3) is 0 Å². The van der Waals surface area contributed by atoms with Crippen molar-refractivity contribution in [1.82, 2.24) is 4.90 Å². The highest BCUT2D eigenvalue weighted by atomic mass is 79.9. The average molecular weight is 344 g/mol. The van der Waals surface area contributed by atoms with Crippen LogP contribution in [0.4, 0.5) is 0 Å². The molecule has 0 radical (unpaired) electrons. The number of piperidine rings is 1. The van der Waals surface area contributed by atoms with Crippen molar-refractivity contribution in [1.29, 1.82) is 0 Å². The second-order valence-corrected chi connectivity index (χ2v) is 6.75. The summed E-state index contributed by atoms with van der Waals surface area (Å²) in [6.45, 7) is 1.04. The van der Waals surface area contributed by atoms with Gasteiger partial charge in [-0.15, -0.1) is 11.3 Å². The lowest BCUT2D eigenvalue weighted by molar-refractivity contribution is -0.144. The zero-order valence-electron chi connectivity index (χ0n) is 10.2. The fourth-order valence-corrected chi connectivity index (χ4v) is 3.17. The maximum atomic E-state index is 11.9. The van der Waals surface area contributed by atoms with Crippen LogP contribution >= 0.6 is 27.3 Å². The Bertz CT molecular complexity index is 504. The smallest absolute Gasteiger partial charge is 0.306 e. The molecule has 1 fully saturated rings. The molecule has 0 aliphatic carbocycles. The molecule has 0 bridgehead atoms. The van der Waals surface area contributed by atoms with Crippen LogP contribution < -0.4 is 0 Å². The number of hydrogen-bond acceptors (Lipinski definition) is 3. The van der Waals surface area contributed by atoms with Gasteiger partial charge in [-0.05, 0) is 51.9 Å². The van der Waals surface area contributed by atoms with Crippen LogP contribution in [0.5, 0.6) is 0 Å². The number of nitrogens with zero attached hydrogens (tertiary/aromatic N) is 1. The largest absolute Gasteiger partial charge is 0.481 e. The van der Waals surface area contributed by atoms with Gasteiger partial charge in [-0.3, -0.25) is 9.59 Å². The SMILES string of the molecule is O=C(O)C1CCN(C(=O)/C=C/c2csc(Br)c2)CC1. The minimum Gasteiger partial charge on any atom is -0.481 e. The lowest BCUT2D eigenvalue weighted by Crippen LogP contribution is -2.39. The molecule has 1 saturated heterocycles. The third-order valence-corrected chi connectivity index (χ3v) is 4.68. The zero-order valence-corrected chi connectivity index (χ0v) is 12.6. The number of amides is 1. The molecule has 1 N–H and O–H groups in total. The molecule has 1 aliphatic heterocycles. The summed E-state index contributed by atoms with van der Waals surface area (Å²) < 4.78 is 1.03. The summed E-state index contributed by atoms with van der Waals surface area (Å²) in [6, 6.07) is 1.95. The molecule has 4 nitrogen and oxygen atoms in total. The first-order valence-electron chi connectivity index (χ1n) is 6.00. The summed E-state index contributed by atoms with van der Waals surface area (Å²) in [5, 5.41) is 10.9. The molecule has 0 saturated carbocycles. The van der Waals surface area contributed by atoms with E-state index in [1.54, 1.807) is 28.4 Å². The van der Waals surface area contributed by atoms with Crippen molar-refractivity contribution in [3.05, 3.63) is 26.9 Å². The molecule has 0 spiro atoms. The summed E-state index contributed by atoms with van der Waals surface area (Å²) >= 11 is 4.94. The molecular weight excluding hydrogens is 330 g/mol. The van der Waals surface area contributed by atoms with Crippen LogP contribution in [-0.2, 0) is 9.59 Å². The van der Waals surface area contributed by atoms with Gasteiger partial charge in [-0.25, -0.2) is 0 Å². The molecule has 0 atom stereocenters. The van der Waals surface area contributed by atoms with Crippen LogP contribution in [0.3, 0.4) is 0 Å². The van der Waals surface area contributed by atoms with Crippen molar-refractivity contribution in [2.24, 2.45) is 5.92 Å². The fourth-order valence-electron chi connectivity index (χ4n) is 2.03. The topological polar surface area (TPSA) is 57.6 Å². The van der Waals surface area contributed by atoms with Crippen molar-refractivity contribution in [3.8, 4) is 0 Å². The lowest BCUT2D eigenvalue weighted by atomic mass is 9.97. The Morgan fingerprint density at radius 2 is 2.11 bits per heavy atom. The number of carbonyl (C=O) groups is 2. The summed E-state index contributed by atoms with van der Waals surface area (Å²) in [6.07, 6.45) is 4.42. The van der Waals surface area contributed by atoms with Gasteiger partial charge in [0.15, 0.2) is 0 Å². The van der Waals surface area contributed by atoms with Gasteiger partial charge in [0.1, 0.15) is 0 Å². The second kappa shape index (κ2) is 6.34. The highest BCUT2D eigenvalue weighted by molar-refractivity contribution is 9.11. The van der Waals surface area contributed by atoms with E-state index in [2.05, 4.69) is 15.9 Å². The van der Waals surface area contributed by atoms with Crippen molar-refractivity contribution < 1.29 is 14.7 Å². The monoisotopic (exact) mass is 343 g/mol. The highest BCUT2D eigenvalue weighted by Gasteiger charge is 2.25. The Morgan fingerprint density at radius 1 is 1.42 bits per heavy atom. The Kier molecular flexibility index (Phi) is 4.76. The first-order valence-corrected chi connectivity index (χ1v) is 7.67. The van der Waals surface area contributed by atoms with Gasteiger partial charge in [-0.2, -0.15) is 0 Å². The Balaban J connectivity index is 1.88. The van der Waals surface area contributed by atoms with Crippen LogP contribution in [0.2, 0.25) is 0 Å². The summed E-state index contributed by atoms with van der Waals surface area (Å²) in [7, 11) is 0. The van der Waals surface area contributed by atoms with E-state index in [4.69, 9.17) is 5.11 Å². The Morgan fingerprint density at radius 3 is 2.63 bits per heavy atom. The van der Waals surface area contributed by atoms with E-state index < -0.39 is 5.97 Å². The molecule has 1 aromatic heterocycles. The molecule has 2 rings (SSSR count). The summed E-state index contributed by atoms with van der Waals surface area (Å²) in [4.78, 5) is 24.5. The molecular formula is C13H14BrNO3S. The quantitative estimate of drug-likeness (QED) is 0.858. The number of rotatable bonds is 3. The molecule has 0 aromatic carbocycles. The number of carboxylic acids is 1. The number of halogens is 1. The third kappa shape index (κ3) is 3.91. The molecule has 1 aromatic rings. The van der Waals surface area contributed by atoms with Crippen molar-refractivity contribution in [3.63, 3.8) is 0 Å². The predicted octanol–water partition coefficient (Wildman–Crippen LogP) is 2.85. The van der Waals surface area contributed by atoms with Gasteiger partial charge >= 0.3 is 5.97 Å². The van der Waals surface area contributed by atoms with Crippen LogP contribution in [0.25, 0.3) is 6.08 Å². The number of aliphatic carboxylic acids is 1. The van der Waals surface area contributed by atoms with Gasteiger partial charge in [0, 0.05) is 19.2 Å². The molecule has 1 aliphatic rings. The molecule has 1 amide bonds. The zero-order chi connectivity index (χ0) is 13.8. The normalized spacial score (nSPS) is 17.0. The van der Waals surface area contributed by atoms with E-state index in [0.717, 1.165) is 9.35 Å². The Hall–Kier alpha value is -1.14.